The van der Waals surface area contributed by atoms with Crippen LogP contribution in [0.25, 0.3) is 11.4 Å². The van der Waals surface area contributed by atoms with Crippen molar-refractivity contribution in [2.24, 2.45) is 0 Å². The van der Waals surface area contributed by atoms with Crippen LogP contribution in [-0.4, -0.2) is 34.7 Å². The van der Waals surface area contributed by atoms with Crippen LogP contribution in [0.2, 0.25) is 0 Å². The molecule has 0 bridgehead atoms. The van der Waals surface area contributed by atoms with Gasteiger partial charge in [-0.15, -0.1) is 0 Å². The van der Waals surface area contributed by atoms with E-state index in [0.29, 0.717) is 18.7 Å². The van der Waals surface area contributed by atoms with E-state index in [1.165, 1.54) is 0 Å². The highest BCUT2D eigenvalue weighted by Gasteiger charge is 2.41. The summed E-state index contributed by atoms with van der Waals surface area (Å²) in [6.07, 6.45) is 1.94. The highest BCUT2D eigenvalue weighted by molar-refractivity contribution is 5.53. The molecule has 1 aliphatic heterocycles. The third-order valence-corrected chi connectivity index (χ3v) is 4.03. The second-order valence-electron chi connectivity index (χ2n) is 5.60. The molecule has 0 saturated carbocycles. The maximum Gasteiger partial charge on any atom is 0.264 e. The van der Waals surface area contributed by atoms with Gasteiger partial charge in [-0.3, -0.25) is 0 Å². The van der Waals surface area contributed by atoms with E-state index in [1.54, 1.807) is 0 Å². The van der Waals surface area contributed by atoms with E-state index in [4.69, 9.17) is 4.52 Å². The number of benzene rings is 1. The fourth-order valence-corrected chi connectivity index (χ4v) is 2.77. The number of aromatic nitrogens is 2. The molecular formula is C16H20FN3O. The van der Waals surface area contributed by atoms with Gasteiger partial charge in [0.25, 0.3) is 5.89 Å². The number of hydrogen-bond donors (Lipinski definition) is 0. The van der Waals surface area contributed by atoms with Gasteiger partial charge in [0.15, 0.2) is 5.67 Å². The number of alkyl halides is 1. The van der Waals surface area contributed by atoms with Crippen molar-refractivity contribution in [3.8, 4) is 11.4 Å². The van der Waals surface area contributed by atoms with Crippen molar-refractivity contribution in [2.45, 2.75) is 31.9 Å². The van der Waals surface area contributed by atoms with Crippen LogP contribution in [0.15, 0.2) is 34.9 Å². The lowest BCUT2D eigenvalue weighted by Gasteiger charge is -2.33. The minimum Gasteiger partial charge on any atom is -0.335 e. The summed E-state index contributed by atoms with van der Waals surface area (Å²) in [7, 11) is 0. The topological polar surface area (TPSA) is 42.2 Å². The Morgan fingerprint density at radius 1 is 1.24 bits per heavy atom. The first-order chi connectivity index (χ1) is 10.2. The van der Waals surface area contributed by atoms with Crippen LogP contribution in [-0.2, 0) is 5.67 Å². The predicted octanol–water partition coefficient (Wildman–Crippen LogP) is 3.41. The quantitative estimate of drug-likeness (QED) is 0.865. The van der Waals surface area contributed by atoms with Gasteiger partial charge in [0, 0.05) is 31.5 Å². The van der Waals surface area contributed by atoms with E-state index in [-0.39, 0.29) is 5.89 Å². The summed E-state index contributed by atoms with van der Waals surface area (Å²) in [5.41, 5.74) is -0.635. The average Bonchev–Trinajstić information content (AvgIpc) is 3.02. The smallest absolute Gasteiger partial charge is 0.264 e. The van der Waals surface area contributed by atoms with E-state index in [2.05, 4.69) is 22.0 Å². The molecule has 1 aromatic heterocycles. The largest absolute Gasteiger partial charge is 0.335 e. The molecule has 1 saturated heterocycles. The van der Waals surface area contributed by atoms with E-state index in [9.17, 15) is 0 Å². The fourth-order valence-electron chi connectivity index (χ4n) is 2.77. The van der Waals surface area contributed by atoms with Crippen molar-refractivity contribution in [1.82, 2.24) is 15.0 Å². The number of rotatable bonds is 4. The van der Waals surface area contributed by atoms with Gasteiger partial charge >= 0.3 is 0 Å². The summed E-state index contributed by atoms with van der Waals surface area (Å²) in [6, 6.07) is 9.51. The summed E-state index contributed by atoms with van der Waals surface area (Å²) in [4.78, 5) is 6.56. The van der Waals surface area contributed by atoms with Crippen LogP contribution in [0.5, 0.6) is 0 Å². The molecule has 5 heteroatoms. The predicted molar refractivity (Wildman–Crippen MR) is 78.5 cm³/mol. The third kappa shape index (κ3) is 2.97. The molecule has 1 fully saturated rings. The second-order valence-corrected chi connectivity index (χ2v) is 5.60. The van der Waals surface area contributed by atoms with Crippen molar-refractivity contribution in [3.05, 3.63) is 36.2 Å². The van der Waals surface area contributed by atoms with E-state index in [1.807, 2.05) is 30.3 Å². The molecule has 4 nitrogen and oxygen atoms in total. The zero-order valence-electron chi connectivity index (χ0n) is 12.3. The molecule has 0 spiro atoms. The zero-order valence-corrected chi connectivity index (χ0v) is 12.3. The second kappa shape index (κ2) is 5.93. The lowest BCUT2D eigenvalue weighted by atomic mass is 9.93. The molecule has 0 amide bonds. The van der Waals surface area contributed by atoms with Gasteiger partial charge < -0.3 is 9.42 Å². The fraction of sp³-hybridized carbons (Fsp3) is 0.500. The number of halogens is 1. The van der Waals surface area contributed by atoms with Crippen molar-refractivity contribution >= 4 is 0 Å². The van der Waals surface area contributed by atoms with Crippen LogP contribution in [0.4, 0.5) is 4.39 Å². The molecule has 0 radical (unpaired) electrons. The van der Waals surface area contributed by atoms with Crippen LogP contribution in [0.3, 0.4) is 0 Å². The summed E-state index contributed by atoms with van der Waals surface area (Å²) >= 11 is 0. The highest BCUT2D eigenvalue weighted by atomic mass is 19.1. The monoisotopic (exact) mass is 289 g/mol. The number of hydrogen-bond acceptors (Lipinski definition) is 4. The Kier molecular flexibility index (Phi) is 4.01. The van der Waals surface area contributed by atoms with E-state index in [0.717, 1.165) is 31.6 Å². The Hall–Kier alpha value is -1.75. The standard InChI is InChI=1S/C16H20FN3O/c1-2-10-20-11-8-16(17,9-12-20)15-18-14(19-21-15)13-6-4-3-5-7-13/h3-7H,2,8-12H2,1H3. The van der Waals surface area contributed by atoms with Gasteiger partial charge in [-0.2, -0.15) is 4.98 Å². The van der Waals surface area contributed by atoms with Gasteiger partial charge in [0.2, 0.25) is 5.82 Å². The lowest BCUT2D eigenvalue weighted by Crippen LogP contribution is -2.40. The number of nitrogens with zero attached hydrogens (tertiary/aromatic N) is 3. The lowest BCUT2D eigenvalue weighted by molar-refractivity contribution is 0.0277. The normalized spacial score (nSPS) is 18.8. The molecule has 0 aliphatic carbocycles. The number of likely N-dealkylation sites (tertiary alicyclic amines) is 1. The first-order valence-electron chi connectivity index (χ1n) is 7.52. The molecule has 1 aromatic carbocycles. The van der Waals surface area contributed by atoms with E-state index >= 15 is 4.39 Å². The highest BCUT2D eigenvalue weighted by Crippen LogP contribution is 2.36. The summed E-state index contributed by atoms with van der Waals surface area (Å²) in [5.74, 6) is 0.580. The first-order valence-corrected chi connectivity index (χ1v) is 7.52. The van der Waals surface area contributed by atoms with Gasteiger partial charge in [-0.25, -0.2) is 4.39 Å². The van der Waals surface area contributed by atoms with Crippen LogP contribution in [0.1, 0.15) is 32.1 Å². The molecule has 0 N–H and O–H groups in total. The summed E-state index contributed by atoms with van der Waals surface area (Å²) < 4.78 is 20.2. The Balaban J connectivity index is 1.74. The third-order valence-electron chi connectivity index (χ3n) is 4.03. The maximum atomic E-state index is 15.0. The molecule has 2 aromatic rings. The van der Waals surface area contributed by atoms with Gasteiger partial charge in [-0.1, -0.05) is 42.4 Å². The molecule has 0 atom stereocenters. The van der Waals surface area contributed by atoms with Gasteiger partial charge in [-0.05, 0) is 13.0 Å². The van der Waals surface area contributed by atoms with Crippen LogP contribution < -0.4 is 0 Å². The molecule has 21 heavy (non-hydrogen) atoms. The summed E-state index contributed by atoms with van der Waals surface area (Å²) in [6.45, 7) is 4.65. The van der Waals surface area contributed by atoms with E-state index < -0.39 is 5.67 Å². The SMILES string of the molecule is CCCN1CCC(F)(c2nc(-c3ccccc3)no2)CC1. The average molecular weight is 289 g/mol. The Morgan fingerprint density at radius 2 is 1.95 bits per heavy atom. The molecule has 3 rings (SSSR count). The molecule has 1 aliphatic rings. The van der Waals surface area contributed by atoms with Crippen LogP contribution >= 0.6 is 0 Å². The Morgan fingerprint density at radius 3 is 2.62 bits per heavy atom. The molecular weight excluding hydrogens is 269 g/mol. The molecule has 112 valence electrons. The number of piperidine rings is 1. The van der Waals surface area contributed by atoms with Crippen molar-refractivity contribution in [2.75, 3.05) is 19.6 Å². The zero-order chi connectivity index (χ0) is 14.7. The molecule has 0 unspecified atom stereocenters. The van der Waals surface area contributed by atoms with Gasteiger partial charge in [0.05, 0.1) is 0 Å². The van der Waals surface area contributed by atoms with Crippen molar-refractivity contribution < 1.29 is 8.91 Å². The van der Waals surface area contributed by atoms with Crippen LogP contribution in [0, 0.1) is 0 Å². The minimum atomic E-state index is -1.48. The van der Waals surface area contributed by atoms with Gasteiger partial charge in [0.1, 0.15) is 0 Å². The first kappa shape index (κ1) is 14.2. The Labute approximate surface area is 124 Å². The summed E-state index contributed by atoms with van der Waals surface area (Å²) in [5, 5.41) is 3.92. The molecule has 2 heterocycles. The minimum absolute atomic E-state index is 0.123. The Bertz CT molecular complexity index is 576. The maximum absolute atomic E-state index is 15.0. The van der Waals surface area contributed by atoms with Crippen molar-refractivity contribution in [1.29, 1.82) is 0 Å². The van der Waals surface area contributed by atoms with Crippen molar-refractivity contribution in [3.63, 3.8) is 0 Å².